The molecule has 0 spiro atoms. The van der Waals surface area contributed by atoms with Crippen molar-refractivity contribution in [2.75, 3.05) is 6.54 Å². The Morgan fingerprint density at radius 3 is 3.28 bits per heavy atom. The number of nitrogens with one attached hydrogen (secondary N) is 1. The van der Waals surface area contributed by atoms with Crippen molar-refractivity contribution in [1.29, 1.82) is 0 Å². The maximum Gasteiger partial charge on any atom is 0.162 e. The van der Waals surface area contributed by atoms with Crippen molar-refractivity contribution in [3.63, 3.8) is 0 Å². The van der Waals surface area contributed by atoms with E-state index in [4.69, 9.17) is 9.40 Å². The summed E-state index contributed by atoms with van der Waals surface area (Å²) in [6.45, 7) is 3.27. The van der Waals surface area contributed by atoms with E-state index in [0.717, 1.165) is 23.7 Å². The van der Waals surface area contributed by atoms with E-state index >= 15 is 0 Å². The minimum atomic E-state index is 0.439. The van der Waals surface area contributed by atoms with Crippen LogP contribution in [0.5, 0.6) is 0 Å². The average molecular weight is 262 g/mol. The predicted molar refractivity (Wildman–Crippen MR) is 73.8 cm³/mol. The fourth-order valence-electron chi connectivity index (χ4n) is 2.44. The van der Waals surface area contributed by atoms with E-state index in [1.54, 1.807) is 17.6 Å². The third kappa shape index (κ3) is 2.22. The van der Waals surface area contributed by atoms with Gasteiger partial charge in [0.25, 0.3) is 0 Å². The van der Waals surface area contributed by atoms with Crippen LogP contribution in [0.4, 0.5) is 0 Å². The molecule has 3 rings (SSSR count). The molecule has 0 saturated heterocycles. The van der Waals surface area contributed by atoms with Gasteiger partial charge in [0.05, 0.1) is 18.0 Å². The van der Waals surface area contributed by atoms with E-state index in [-0.39, 0.29) is 0 Å². The van der Waals surface area contributed by atoms with E-state index in [2.05, 4.69) is 12.2 Å². The first kappa shape index (κ1) is 11.9. The van der Waals surface area contributed by atoms with E-state index in [9.17, 15) is 0 Å². The molecule has 1 N–H and O–H groups in total. The highest BCUT2D eigenvalue weighted by molar-refractivity contribution is 7.15. The zero-order valence-corrected chi connectivity index (χ0v) is 11.4. The van der Waals surface area contributed by atoms with Crippen LogP contribution in [0.2, 0.25) is 0 Å². The summed E-state index contributed by atoms with van der Waals surface area (Å²) < 4.78 is 5.44. The van der Waals surface area contributed by atoms with Crippen LogP contribution in [0.1, 0.15) is 42.8 Å². The van der Waals surface area contributed by atoms with Crippen LogP contribution in [0, 0.1) is 0 Å². The lowest BCUT2D eigenvalue weighted by Gasteiger charge is -2.21. The second-order valence-electron chi connectivity index (χ2n) is 4.70. The maximum atomic E-state index is 5.44. The molecule has 0 fully saturated rings. The molecule has 0 saturated carbocycles. The van der Waals surface area contributed by atoms with Gasteiger partial charge in [0.15, 0.2) is 10.8 Å². The summed E-state index contributed by atoms with van der Waals surface area (Å²) in [5, 5.41) is 4.62. The van der Waals surface area contributed by atoms with Gasteiger partial charge in [-0.25, -0.2) is 4.98 Å². The standard InChI is InChI=1S/C14H18N2OS/c1-2-8-15-10-5-3-7-12-13(10)16-14(18-12)11-6-4-9-17-11/h4,6,9-10,15H,2-3,5,7-8H2,1H3. The maximum absolute atomic E-state index is 5.44. The first-order chi connectivity index (χ1) is 8.88. The third-order valence-corrected chi connectivity index (χ3v) is 4.47. The summed E-state index contributed by atoms with van der Waals surface area (Å²) in [5.41, 5.74) is 1.26. The van der Waals surface area contributed by atoms with Crippen LogP contribution >= 0.6 is 11.3 Å². The molecule has 2 aromatic heterocycles. The number of rotatable bonds is 4. The van der Waals surface area contributed by atoms with Gasteiger partial charge in [0, 0.05) is 4.88 Å². The van der Waals surface area contributed by atoms with Gasteiger partial charge in [-0.2, -0.15) is 0 Å². The second kappa shape index (κ2) is 5.24. The van der Waals surface area contributed by atoms with Crippen molar-refractivity contribution >= 4 is 11.3 Å². The molecule has 1 aliphatic carbocycles. The Labute approximate surface area is 111 Å². The molecule has 0 aliphatic heterocycles. The van der Waals surface area contributed by atoms with Gasteiger partial charge >= 0.3 is 0 Å². The summed E-state index contributed by atoms with van der Waals surface area (Å²) >= 11 is 1.79. The Morgan fingerprint density at radius 2 is 2.50 bits per heavy atom. The normalized spacial score (nSPS) is 18.8. The number of nitrogens with zero attached hydrogens (tertiary/aromatic N) is 1. The van der Waals surface area contributed by atoms with Crippen LogP contribution < -0.4 is 5.32 Å². The third-order valence-electron chi connectivity index (χ3n) is 3.33. The molecule has 18 heavy (non-hydrogen) atoms. The van der Waals surface area contributed by atoms with Crippen LogP contribution in [-0.4, -0.2) is 11.5 Å². The van der Waals surface area contributed by atoms with Crippen molar-refractivity contribution in [3.05, 3.63) is 29.0 Å². The summed E-state index contributed by atoms with van der Waals surface area (Å²) in [5.74, 6) is 0.892. The molecule has 0 bridgehead atoms. The van der Waals surface area contributed by atoms with Crippen LogP contribution in [0.15, 0.2) is 22.8 Å². The van der Waals surface area contributed by atoms with Crippen molar-refractivity contribution in [2.45, 2.75) is 38.6 Å². The van der Waals surface area contributed by atoms with E-state index < -0.39 is 0 Å². The lowest BCUT2D eigenvalue weighted by Crippen LogP contribution is -2.25. The van der Waals surface area contributed by atoms with Crippen molar-refractivity contribution < 1.29 is 4.42 Å². The molecule has 0 radical (unpaired) electrons. The molecule has 0 aromatic carbocycles. The number of fused-ring (bicyclic) bond motifs is 1. The van der Waals surface area contributed by atoms with Gasteiger partial charge in [-0.15, -0.1) is 11.3 Å². The minimum Gasteiger partial charge on any atom is -0.462 e. The summed E-state index contributed by atoms with van der Waals surface area (Å²) in [4.78, 5) is 6.22. The Hall–Kier alpha value is -1.13. The van der Waals surface area contributed by atoms with Crippen LogP contribution in [-0.2, 0) is 6.42 Å². The largest absolute Gasteiger partial charge is 0.462 e. The lowest BCUT2D eigenvalue weighted by molar-refractivity contribution is 0.454. The topological polar surface area (TPSA) is 38.1 Å². The Kier molecular flexibility index (Phi) is 3.48. The predicted octanol–water partition coefficient (Wildman–Crippen LogP) is 3.78. The molecule has 1 unspecified atom stereocenters. The molecule has 3 nitrogen and oxygen atoms in total. The number of hydrogen-bond donors (Lipinski definition) is 1. The van der Waals surface area contributed by atoms with Gasteiger partial charge in [-0.1, -0.05) is 6.92 Å². The lowest BCUT2D eigenvalue weighted by atomic mass is 9.97. The highest BCUT2D eigenvalue weighted by atomic mass is 32.1. The molecule has 2 heterocycles. The van der Waals surface area contributed by atoms with Gasteiger partial charge in [0.1, 0.15) is 0 Å². The van der Waals surface area contributed by atoms with E-state index in [0.29, 0.717) is 6.04 Å². The van der Waals surface area contributed by atoms with Crippen molar-refractivity contribution in [1.82, 2.24) is 10.3 Å². The zero-order chi connectivity index (χ0) is 12.4. The SMILES string of the molecule is CCCNC1CCCc2sc(-c3ccco3)nc21. The molecular formula is C14H18N2OS. The summed E-state index contributed by atoms with van der Waals surface area (Å²) in [6.07, 6.45) is 6.50. The van der Waals surface area contributed by atoms with Gasteiger partial charge in [-0.05, 0) is 44.4 Å². The zero-order valence-electron chi connectivity index (χ0n) is 10.6. The molecular weight excluding hydrogens is 244 g/mol. The summed E-state index contributed by atoms with van der Waals surface area (Å²) in [7, 11) is 0. The number of aryl methyl sites for hydroxylation is 1. The molecule has 0 amide bonds. The summed E-state index contributed by atoms with van der Waals surface area (Å²) in [6, 6.07) is 4.34. The molecule has 1 atom stereocenters. The second-order valence-corrected chi connectivity index (χ2v) is 5.79. The molecule has 4 heteroatoms. The first-order valence-electron chi connectivity index (χ1n) is 6.65. The fourth-order valence-corrected chi connectivity index (χ4v) is 3.57. The quantitative estimate of drug-likeness (QED) is 0.911. The van der Waals surface area contributed by atoms with Crippen molar-refractivity contribution in [2.24, 2.45) is 0 Å². The number of hydrogen-bond acceptors (Lipinski definition) is 4. The van der Waals surface area contributed by atoms with Gasteiger partial charge < -0.3 is 9.73 Å². The Bertz CT molecular complexity index is 504. The highest BCUT2D eigenvalue weighted by Gasteiger charge is 2.24. The fraction of sp³-hybridized carbons (Fsp3) is 0.500. The minimum absolute atomic E-state index is 0.439. The van der Waals surface area contributed by atoms with E-state index in [1.807, 2.05) is 12.1 Å². The smallest absolute Gasteiger partial charge is 0.162 e. The monoisotopic (exact) mass is 262 g/mol. The Morgan fingerprint density at radius 1 is 1.56 bits per heavy atom. The van der Waals surface area contributed by atoms with Gasteiger partial charge in [0.2, 0.25) is 0 Å². The van der Waals surface area contributed by atoms with Crippen molar-refractivity contribution in [3.8, 4) is 10.8 Å². The number of thiazole rings is 1. The molecule has 96 valence electrons. The van der Waals surface area contributed by atoms with E-state index in [1.165, 1.54) is 29.8 Å². The number of furan rings is 1. The average Bonchev–Trinajstić information content (AvgIpc) is 3.03. The number of aromatic nitrogens is 1. The highest BCUT2D eigenvalue weighted by Crippen LogP contribution is 2.37. The molecule has 1 aliphatic rings. The van der Waals surface area contributed by atoms with Gasteiger partial charge in [-0.3, -0.25) is 0 Å². The molecule has 2 aromatic rings. The van der Waals surface area contributed by atoms with Crippen LogP contribution in [0.3, 0.4) is 0 Å². The Balaban J connectivity index is 1.88. The van der Waals surface area contributed by atoms with Crippen LogP contribution in [0.25, 0.3) is 10.8 Å². The first-order valence-corrected chi connectivity index (χ1v) is 7.47.